The van der Waals surface area contributed by atoms with E-state index in [-0.39, 0.29) is 0 Å². The van der Waals surface area contributed by atoms with E-state index >= 15 is 0 Å². The Balaban J connectivity index is 1.46. The monoisotopic (exact) mass is 273 g/mol. The Morgan fingerprint density at radius 3 is 2.95 bits per heavy atom. The molecule has 0 aromatic heterocycles. The number of benzene rings is 1. The van der Waals surface area contributed by atoms with Crippen molar-refractivity contribution in [3.8, 4) is 5.75 Å². The van der Waals surface area contributed by atoms with E-state index in [1.54, 1.807) is 0 Å². The summed E-state index contributed by atoms with van der Waals surface area (Å²) in [6.07, 6.45) is 6.29. The number of rotatable bonds is 4. The normalized spacial score (nSPS) is 29.0. The topological polar surface area (TPSA) is 21.3 Å². The van der Waals surface area contributed by atoms with Crippen LogP contribution in [0.4, 0.5) is 0 Å². The van der Waals surface area contributed by atoms with Crippen molar-refractivity contribution in [1.82, 2.24) is 5.32 Å². The van der Waals surface area contributed by atoms with E-state index in [1.165, 1.54) is 30.4 Å². The molecular weight excluding hydrogens is 246 g/mol. The zero-order chi connectivity index (χ0) is 13.9. The Bertz CT molecular complexity index is 457. The van der Waals surface area contributed by atoms with Crippen molar-refractivity contribution in [2.24, 2.45) is 11.8 Å². The van der Waals surface area contributed by atoms with Crippen LogP contribution in [-0.2, 0) is 12.8 Å². The van der Waals surface area contributed by atoms with Gasteiger partial charge in [0.05, 0.1) is 6.61 Å². The first-order valence-corrected chi connectivity index (χ1v) is 8.20. The molecule has 2 nitrogen and oxygen atoms in total. The second kappa shape index (κ2) is 6.17. The van der Waals surface area contributed by atoms with Crippen LogP contribution in [-0.4, -0.2) is 19.2 Å². The number of ether oxygens (including phenoxy) is 1. The van der Waals surface area contributed by atoms with Crippen LogP contribution in [0.25, 0.3) is 0 Å². The average molecular weight is 273 g/mol. The molecule has 1 aliphatic heterocycles. The lowest BCUT2D eigenvalue weighted by atomic mass is 9.79. The predicted octanol–water partition coefficient (Wildman–Crippen LogP) is 3.58. The molecule has 0 spiro atoms. The molecule has 110 valence electrons. The highest BCUT2D eigenvalue weighted by Crippen LogP contribution is 2.29. The van der Waals surface area contributed by atoms with Crippen molar-refractivity contribution < 1.29 is 4.74 Å². The number of hydrogen-bond acceptors (Lipinski definition) is 2. The lowest BCUT2D eigenvalue weighted by Gasteiger charge is -2.32. The van der Waals surface area contributed by atoms with Crippen molar-refractivity contribution in [3.05, 3.63) is 29.3 Å². The van der Waals surface area contributed by atoms with Crippen LogP contribution in [0.3, 0.4) is 0 Å². The van der Waals surface area contributed by atoms with Crippen molar-refractivity contribution in [2.75, 3.05) is 13.2 Å². The van der Waals surface area contributed by atoms with Crippen LogP contribution < -0.4 is 10.1 Å². The molecule has 1 aliphatic carbocycles. The Morgan fingerprint density at radius 1 is 1.20 bits per heavy atom. The van der Waals surface area contributed by atoms with Crippen LogP contribution in [0.5, 0.6) is 5.75 Å². The summed E-state index contributed by atoms with van der Waals surface area (Å²) in [5.74, 6) is 2.87. The molecule has 0 radical (unpaired) electrons. The van der Waals surface area contributed by atoms with E-state index in [0.29, 0.717) is 0 Å². The van der Waals surface area contributed by atoms with E-state index in [1.807, 2.05) is 0 Å². The first-order valence-electron chi connectivity index (χ1n) is 8.20. The lowest BCUT2D eigenvalue weighted by Crippen LogP contribution is -2.37. The molecule has 20 heavy (non-hydrogen) atoms. The van der Waals surface area contributed by atoms with Gasteiger partial charge in [-0.3, -0.25) is 0 Å². The molecular formula is C18H27NO. The molecule has 1 aromatic rings. The molecule has 0 bridgehead atoms. The maximum absolute atomic E-state index is 5.56. The minimum absolute atomic E-state index is 0.735. The van der Waals surface area contributed by atoms with Gasteiger partial charge in [-0.15, -0.1) is 0 Å². The summed E-state index contributed by atoms with van der Waals surface area (Å²) in [6, 6.07) is 7.42. The van der Waals surface area contributed by atoms with Gasteiger partial charge in [0, 0.05) is 12.5 Å². The molecule has 1 saturated carbocycles. The van der Waals surface area contributed by atoms with E-state index in [4.69, 9.17) is 4.74 Å². The van der Waals surface area contributed by atoms with E-state index in [9.17, 15) is 0 Å². The summed E-state index contributed by atoms with van der Waals surface area (Å²) in [5.41, 5.74) is 2.83. The molecule has 3 unspecified atom stereocenters. The van der Waals surface area contributed by atoms with E-state index in [0.717, 1.165) is 49.6 Å². The van der Waals surface area contributed by atoms with Gasteiger partial charge in [0.15, 0.2) is 0 Å². The lowest BCUT2D eigenvalue weighted by molar-refractivity contribution is 0.227. The molecule has 1 N–H and O–H groups in total. The molecule has 3 atom stereocenters. The fraction of sp³-hybridized carbons (Fsp3) is 0.667. The largest absolute Gasteiger partial charge is 0.493 e. The molecule has 0 amide bonds. The fourth-order valence-electron chi connectivity index (χ4n) is 3.55. The van der Waals surface area contributed by atoms with Crippen molar-refractivity contribution in [2.45, 2.75) is 52.0 Å². The van der Waals surface area contributed by atoms with Crippen molar-refractivity contribution in [3.63, 3.8) is 0 Å². The third-order valence-electron chi connectivity index (χ3n) is 5.20. The first kappa shape index (κ1) is 13.9. The predicted molar refractivity (Wildman–Crippen MR) is 83.3 cm³/mol. The molecule has 0 saturated heterocycles. The summed E-state index contributed by atoms with van der Waals surface area (Å²) in [4.78, 5) is 0. The summed E-state index contributed by atoms with van der Waals surface area (Å²) in [6.45, 7) is 6.76. The highest BCUT2D eigenvalue weighted by molar-refractivity contribution is 5.39. The first-order chi connectivity index (χ1) is 9.72. The van der Waals surface area contributed by atoms with Crippen LogP contribution in [0.2, 0.25) is 0 Å². The molecule has 2 aliphatic rings. The molecule has 2 heteroatoms. The SMILES string of the molecule is CC1CCC(NCCc2ccc3c(c2)CCO3)CC1C. The van der Waals surface area contributed by atoms with Gasteiger partial charge in [0.2, 0.25) is 0 Å². The Kier molecular flexibility index (Phi) is 4.30. The summed E-state index contributed by atoms with van der Waals surface area (Å²) >= 11 is 0. The Hall–Kier alpha value is -1.02. The van der Waals surface area contributed by atoms with Crippen LogP contribution in [0.1, 0.15) is 44.2 Å². The second-order valence-electron chi connectivity index (χ2n) is 6.71. The Morgan fingerprint density at radius 2 is 2.10 bits per heavy atom. The van der Waals surface area contributed by atoms with Gasteiger partial charge in [-0.1, -0.05) is 26.0 Å². The highest BCUT2D eigenvalue weighted by Gasteiger charge is 2.23. The summed E-state index contributed by atoms with van der Waals surface area (Å²) in [7, 11) is 0. The fourth-order valence-corrected chi connectivity index (χ4v) is 3.55. The zero-order valence-electron chi connectivity index (χ0n) is 12.8. The zero-order valence-corrected chi connectivity index (χ0v) is 12.8. The van der Waals surface area contributed by atoms with Gasteiger partial charge in [0.1, 0.15) is 5.75 Å². The number of nitrogens with one attached hydrogen (secondary N) is 1. The van der Waals surface area contributed by atoms with Gasteiger partial charge < -0.3 is 10.1 Å². The summed E-state index contributed by atoms with van der Waals surface area (Å²) in [5, 5.41) is 3.76. The van der Waals surface area contributed by atoms with Gasteiger partial charge in [0.25, 0.3) is 0 Å². The third kappa shape index (κ3) is 3.17. The maximum atomic E-state index is 5.56. The van der Waals surface area contributed by atoms with Gasteiger partial charge in [-0.05, 0) is 61.3 Å². The smallest absolute Gasteiger partial charge is 0.122 e. The summed E-state index contributed by atoms with van der Waals surface area (Å²) < 4.78 is 5.56. The second-order valence-corrected chi connectivity index (χ2v) is 6.71. The molecule has 3 rings (SSSR count). The van der Waals surface area contributed by atoms with Gasteiger partial charge >= 0.3 is 0 Å². The van der Waals surface area contributed by atoms with Crippen LogP contribution >= 0.6 is 0 Å². The molecule has 1 heterocycles. The van der Waals surface area contributed by atoms with E-state index < -0.39 is 0 Å². The minimum Gasteiger partial charge on any atom is -0.493 e. The molecule has 1 aromatic carbocycles. The molecule has 1 fully saturated rings. The quantitative estimate of drug-likeness (QED) is 0.905. The maximum Gasteiger partial charge on any atom is 0.122 e. The minimum atomic E-state index is 0.735. The van der Waals surface area contributed by atoms with Crippen LogP contribution in [0.15, 0.2) is 18.2 Å². The number of hydrogen-bond donors (Lipinski definition) is 1. The highest BCUT2D eigenvalue weighted by atomic mass is 16.5. The van der Waals surface area contributed by atoms with Gasteiger partial charge in [-0.2, -0.15) is 0 Å². The standard InChI is InChI=1S/C18H27NO/c1-13-3-5-17(11-14(13)2)19-9-7-15-4-6-18-16(12-15)8-10-20-18/h4,6,12-14,17,19H,3,5,7-11H2,1-2H3. The Labute approximate surface area is 122 Å². The van der Waals surface area contributed by atoms with E-state index in [2.05, 4.69) is 37.4 Å². The van der Waals surface area contributed by atoms with Gasteiger partial charge in [-0.25, -0.2) is 0 Å². The van der Waals surface area contributed by atoms with Crippen molar-refractivity contribution >= 4 is 0 Å². The average Bonchev–Trinajstić information content (AvgIpc) is 2.90. The van der Waals surface area contributed by atoms with Crippen molar-refractivity contribution in [1.29, 1.82) is 0 Å². The third-order valence-corrected chi connectivity index (χ3v) is 5.20. The number of fused-ring (bicyclic) bond motifs is 1. The van der Waals surface area contributed by atoms with Crippen LogP contribution in [0, 0.1) is 11.8 Å².